The molecular weight excluding hydrogens is 282 g/mol. The van der Waals surface area contributed by atoms with Gasteiger partial charge in [-0.25, -0.2) is 0 Å². The molecule has 0 fully saturated rings. The standard InChI is InChI=1S/C18H28ClNO/c1-12(2)10-20-11-16(13(3)4)7-15-9-17(19)8-14-5-6-21-18(14)15/h8-9,12-13,16,20H,5-7,10-11H2,1-4H3. The summed E-state index contributed by atoms with van der Waals surface area (Å²) in [5, 5.41) is 4.43. The van der Waals surface area contributed by atoms with Gasteiger partial charge in [-0.05, 0) is 60.5 Å². The van der Waals surface area contributed by atoms with Crippen LogP contribution >= 0.6 is 11.6 Å². The molecule has 1 atom stereocenters. The third-order valence-corrected chi connectivity index (χ3v) is 4.43. The molecule has 0 saturated carbocycles. The number of hydrogen-bond donors (Lipinski definition) is 1. The molecule has 0 bridgehead atoms. The van der Waals surface area contributed by atoms with E-state index in [4.69, 9.17) is 16.3 Å². The lowest BCUT2D eigenvalue weighted by molar-refractivity contribution is 0.332. The van der Waals surface area contributed by atoms with Gasteiger partial charge in [0.05, 0.1) is 6.61 Å². The molecule has 21 heavy (non-hydrogen) atoms. The van der Waals surface area contributed by atoms with Gasteiger partial charge in [-0.3, -0.25) is 0 Å². The summed E-state index contributed by atoms with van der Waals surface area (Å²) in [4.78, 5) is 0. The zero-order valence-corrected chi connectivity index (χ0v) is 14.5. The van der Waals surface area contributed by atoms with Gasteiger partial charge in [0.1, 0.15) is 5.75 Å². The smallest absolute Gasteiger partial charge is 0.125 e. The molecule has 1 aliphatic rings. The van der Waals surface area contributed by atoms with Crippen LogP contribution in [0.4, 0.5) is 0 Å². The van der Waals surface area contributed by atoms with E-state index in [0.717, 1.165) is 43.3 Å². The van der Waals surface area contributed by atoms with Gasteiger partial charge >= 0.3 is 0 Å². The lowest BCUT2D eigenvalue weighted by Crippen LogP contribution is -2.30. The van der Waals surface area contributed by atoms with E-state index in [1.807, 2.05) is 0 Å². The number of nitrogens with one attached hydrogen (secondary N) is 1. The molecule has 1 aromatic carbocycles. The van der Waals surface area contributed by atoms with Crippen molar-refractivity contribution in [1.29, 1.82) is 0 Å². The molecule has 1 heterocycles. The first kappa shape index (κ1) is 16.6. The molecule has 0 saturated heterocycles. The van der Waals surface area contributed by atoms with Gasteiger partial charge in [-0.2, -0.15) is 0 Å². The zero-order chi connectivity index (χ0) is 15.4. The summed E-state index contributed by atoms with van der Waals surface area (Å²) in [6.07, 6.45) is 2.02. The molecule has 118 valence electrons. The predicted molar refractivity (Wildman–Crippen MR) is 90.4 cm³/mol. The maximum Gasteiger partial charge on any atom is 0.125 e. The van der Waals surface area contributed by atoms with E-state index in [-0.39, 0.29) is 0 Å². The third-order valence-electron chi connectivity index (χ3n) is 4.21. The highest BCUT2D eigenvalue weighted by molar-refractivity contribution is 6.30. The van der Waals surface area contributed by atoms with Crippen molar-refractivity contribution in [2.75, 3.05) is 19.7 Å². The van der Waals surface area contributed by atoms with Crippen molar-refractivity contribution in [3.63, 3.8) is 0 Å². The van der Waals surface area contributed by atoms with Crippen LogP contribution in [-0.4, -0.2) is 19.7 Å². The van der Waals surface area contributed by atoms with Crippen LogP contribution in [0, 0.1) is 17.8 Å². The Kier molecular flexibility index (Phi) is 5.95. The maximum atomic E-state index is 6.27. The number of benzene rings is 1. The molecule has 1 aromatic rings. The molecule has 2 nitrogen and oxygen atoms in total. The Balaban J connectivity index is 2.07. The minimum absolute atomic E-state index is 0.607. The number of rotatable bonds is 7. The molecule has 1 unspecified atom stereocenters. The van der Waals surface area contributed by atoms with Gasteiger partial charge in [0.25, 0.3) is 0 Å². The lowest BCUT2D eigenvalue weighted by Gasteiger charge is -2.23. The van der Waals surface area contributed by atoms with E-state index < -0.39 is 0 Å². The summed E-state index contributed by atoms with van der Waals surface area (Å²) in [5.74, 6) is 3.03. The largest absolute Gasteiger partial charge is 0.493 e. The van der Waals surface area contributed by atoms with Crippen molar-refractivity contribution >= 4 is 11.6 Å². The van der Waals surface area contributed by atoms with Crippen LogP contribution in [0.15, 0.2) is 12.1 Å². The summed E-state index contributed by atoms with van der Waals surface area (Å²) in [6, 6.07) is 4.14. The monoisotopic (exact) mass is 309 g/mol. The fourth-order valence-electron chi connectivity index (χ4n) is 2.88. The topological polar surface area (TPSA) is 21.3 Å². The highest BCUT2D eigenvalue weighted by atomic mass is 35.5. The van der Waals surface area contributed by atoms with Crippen LogP contribution < -0.4 is 10.1 Å². The van der Waals surface area contributed by atoms with Gasteiger partial charge in [-0.1, -0.05) is 39.3 Å². The Morgan fingerprint density at radius 1 is 1.19 bits per heavy atom. The second-order valence-corrected chi connectivity index (χ2v) is 7.35. The van der Waals surface area contributed by atoms with Gasteiger partial charge < -0.3 is 10.1 Å². The van der Waals surface area contributed by atoms with Crippen LogP contribution in [0.3, 0.4) is 0 Å². The molecule has 1 aliphatic heterocycles. The van der Waals surface area contributed by atoms with E-state index in [2.05, 4.69) is 45.1 Å². The average molecular weight is 310 g/mol. The van der Waals surface area contributed by atoms with Crippen LogP contribution in [0.5, 0.6) is 5.75 Å². The zero-order valence-electron chi connectivity index (χ0n) is 13.7. The Morgan fingerprint density at radius 3 is 2.62 bits per heavy atom. The van der Waals surface area contributed by atoms with Crippen molar-refractivity contribution in [1.82, 2.24) is 5.32 Å². The second kappa shape index (κ2) is 7.51. The van der Waals surface area contributed by atoms with Gasteiger partial charge in [0.2, 0.25) is 0 Å². The summed E-state index contributed by atoms with van der Waals surface area (Å²) in [5.41, 5.74) is 2.55. The molecule has 0 spiro atoms. The van der Waals surface area contributed by atoms with Crippen molar-refractivity contribution < 1.29 is 4.74 Å². The third kappa shape index (κ3) is 4.62. The summed E-state index contributed by atoms with van der Waals surface area (Å²) >= 11 is 6.27. The van der Waals surface area contributed by atoms with Gasteiger partial charge in [0, 0.05) is 11.4 Å². The first-order valence-corrected chi connectivity index (χ1v) is 8.50. The Hall–Kier alpha value is -0.730. The van der Waals surface area contributed by atoms with Crippen molar-refractivity contribution in [3.8, 4) is 5.75 Å². The number of hydrogen-bond acceptors (Lipinski definition) is 2. The molecule has 1 N–H and O–H groups in total. The van der Waals surface area contributed by atoms with Crippen LogP contribution in [0.25, 0.3) is 0 Å². The Bertz CT molecular complexity index is 471. The van der Waals surface area contributed by atoms with Crippen molar-refractivity contribution in [3.05, 3.63) is 28.3 Å². The van der Waals surface area contributed by atoms with Crippen LogP contribution in [0.1, 0.15) is 38.8 Å². The van der Waals surface area contributed by atoms with Crippen LogP contribution in [-0.2, 0) is 12.8 Å². The highest BCUT2D eigenvalue weighted by Gasteiger charge is 2.21. The average Bonchev–Trinajstić information content (AvgIpc) is 2.84. The molecule has 0 amide bonds. The molecule has 2 rings (SSSR count). The van der Waals surface area contributed by atoms with Gasteiger partial charge in [-0.15, -0.1) is 0 Å². The summed E-state index contributed by atoms with van der Waals surface area (Å²) in [7, 11) is 0. The quantitative estimate of drug-likeness (QED) is 0.809. The summed E-state index contributed by atoms with van der Waals surface area (Å²) in [6.45, 7) is 12.0. The molecule has 0 aliphatic carbocycles. The first-order valence-electron chi connectivity index (χ1n) is 8.12. The molecule has 0 aromatic heterocycles. The van der Waals surface area contributed by atoms with E-state index in [9.17, 15) is 0 Å². The molecular formula is C18H28ClNO. The summed E-state index contributed by atoms with van der Waals surface area (Å²) < 4.78 is 5.83. The molecule has 0 radical (unpaired) electrons. The Morgan fingerprint density at radius 2 is 1.95 bits per heavy atom. The predicted octanol–water partition coefficient (Wildman–Crippen LogP) is 4.34. The van der Waals surface area contributed by atoms with Crippen molar-refractivity contribution in [2.24, 2.45) is 17.8 Å². The van der Waals surface area contributed by atoms with E-state index in [1.54, 1.807) is 0 Å². The molecule has 3 heteroatoms. The second-order valence-electron chi connectivity index (χ2n) is 6.91. The van der Waals surface area contributed by atoms with Crippen LogP contribution in [0.2, 0.25) is 5.02 Å². The first-order chi connectivity index (χ1) is 9.97. The number of fused-ring (bicyclic) bond motifs is 1. The minimum atomic E-state index is 0.607. The van der Waals surface area contributed by atoms with E-state index >= 15 is 0 Å². The van der Waals surface area contributed by atoms with Crippen molar-refractivity contribution in [2.45, 2.75) is 40.5 Å². The fourth-order valence-corrected chi connectivity index (χ4v) is 3.14. The minimum Gasteiger partial charge on any atom is -0.493 e. The number of halogens is 1. The normalized spacial score (nSPS) is 15.4. The Labute approximate surface area is 134 Å². The fraction of sp³-hybridized carbons (Fsp3) is 0.667. The highest BCUT2D eigenvalue weighted by Crippen LogP contribution is 2.35. The van der Waals surface area contributed by atoms with Gasteiger partial charge in [0.15, 0.2) is 0 Å². The number of ether oxygens (including phenoxy) is 1. The maximum absolute atomic E-state index is 6.27. The van der Waals surface area contributed by atoms with E-state index in [0.29, 0.717) is 17.8 Å². The van der Waals surface area contributed by atoms with E-state index in [1.165, 1.54) is 11.1 Å². The SMILES string of the molecule is CC(C)CNCC(Cc1cc(Cl)cc2c1OCC2)C(C)C. The lowest BCUT2D eigenvalue weighted by atomic mass is 9.88.